The molecule has 2 amide bonds. The molecule has 0 bridgehead atoms. The zero-order valence-electron chi connectivity index (χ0n) is 17.7. The molecule has 3 aromatic carbocycles. The lowest BCUT2D eigenvalue weighted by Gasteiger charge is -2.15. The van der Waals surface area contributed by atoms with Gasteiger partial charge in [0.15, 0.2) is 6.04 Å². The first-order chi connectivity index (χ1) is 15.4. The van der Waals surface area contributed by atoms with Crippen molar-refractivity contribution in [2.75, 3.05) is 7.11 Å². The topological polar surface area (TPSA) is 70.4 Å². The quantitative estimate of drug-likeness (QED) is 0.532. The minimum Gasteiger partial charge on any atom is -0.497 e. The molecular weight excluding hydrogens is 470 g/mol. The molecule has 0 aromatic heterocycles. The zero-order valence-corrected chi connectivity index (χ0v) is 19.3. The van der Waals surface area contributed by atoms with Crippen molar-refractivity contribution in [2.24, 2.45) is 0 Å². The van der Waals surface area contributed by atoms with Crippen molar-refractivity contribution in [2.45, 2.75) is 19.0 Å². The highest BCUT2D eigenvalue weighted by Crippen LogP contribution is 2.26. The number of nitrogens with zero attached hydrogens (tertiary/aromatic N) is 1. The largest absolute Gasteiger partial charge is 0.497 e. The molecule has 162 valence electrons. The number of halogens is 1. The third kappa shape index (κ3) is 4.73. The van der Waals surface area contributed by atoms with Crippen molar-refractivity contribution in [3.63, 3.8) is 0 Å². The summed E-state index contributed by atoms with van der Waals surface area (Å²) in [6, 6.07) is 21.3. The summed E-state index contributed by atoms with van der Waals surface area (Å²) in [7, 11) is 1.57. The molecule has 4 rings (SSSR count). The highest BCUT2D eigenvalue weighted by molar-refractivity contribution is 9.10. The maximum Gasteiger partial charge on any atom is 0.304 e. The monoisotopic (exact) mass is 492 g/mol. The Morgan fingerprint density at radius 2 is 1.69 bits per heavy atom. The second-order valence-electron chi connectivity index (χ2n) is 7.60. The van der Waals surface area contributed by atoms with E-state index >= 15 is 0 Å². The number of carbonyl (C=O) groups is 2. The molecule has 7 heteroatoms. The lowest BCUT2D eigenvalue weighted by molar-refractivity contribution is -0.596. The fraction of sp³-hybridized carbons (Fsp3) is 0.160. The molecule has 2 atom stereocenters. The number of methoxy groups -OCH3 is 1. The van der Waals surface area contributed by atoms with Gasteiger partial charge in [0.05, 0.1) is 7.11 Å². The van der Waals surface area contributed by atoms with Crippen molar-refractivity contribution in [1.82, 2.24) is 10.7 Å². The third-order valence-corrected chi connectivity index (χ3v) is 5.88. The number of hydrogen-bond donors (Lipinski definition) is 2. The summed E-state index contributed by atoms with van der Waals surface area (Å²) in [6.45, 7) is 2.01. The molecule has 0 radical (unpaired) electrons. The number of ether oxygens (including phenoxy) is 1. The molecule has 2 N–H and O–H groups in total. The lowest BCUT2D eigenvalue weighted by Crippen LogP contribution is -2.42. The number of amides is 2. The van der Waals surface area contributed by atoms with Crippen LogP contribution in [0.5, 0.6) is 5.75 Å². The zero-order chi connectivity index (χ0) is 22.7. The number of nitrogens with one attached hydrogen (secondary N) is 2. The standard InChI is InChI=1S/C25H22BrN3O3/c1-16-3-7-18(8-4-16)23-22(27-24(30)19-9-13-21(32-2)14-10-19)25(31)28-29(23)15-17-5-11-20(26)12-6-17/h3-15,22-23H,1-2H3,(H-,27,28,30,31)/p+1/b29-15-/t22-,23-/m1/s1. The first-order valence-corrected chi connectivity index (χ1v) is 10.9. The second kappa shape index (κ2) is 9.36. The van der Waals surface area contributed by atoms with Gasteiger partial charge >= 0.3 is 5.91 Å². The van der Waals surface area contributed by atoms with E-state index in [4.69, 9.17) is 4.74 Å². The Kier molecular flexibility index (Phi) is 6.37. The van der Waals surface area contributed by atoms with Gasteiger partial charge in [0.25, 0.3) is 5.91 Å². The molecule has 0 unspecified atom stereocenters. The van der Waals surface area contributed by atoms with E-state index in [1.807, 2.05) is 61.7 Å². The SMILES string of the molecule is COc1ccc(C(=O)N[C@H]2C(=O)N/[N+](=C\c3ccc(Br)cc3)[C@@H]2c2ccc(C)cc2)cc1. The molecule has 32 heavy (non-hydrogen) atoms. The molecule has 1 aliphatic rings. The van der Waals surface area contributed by atoms with Crippen molar-refractivity contribution >= 4 is 34.0 Å². The number of aryl methyl sites for hydroxylation is 1. The summed E-state index contributed by atoms with van der Waals surface area (Å²) in [5.41, 5.74) is 6.31. The predicted octanol–water partition coefficient (Wildman–Crippen LogP) is 3.78. The van der Waals surface area contributed by atoms with E-state index in [-0.39, 0.29) is 11.8 Å². The van der Waals surface area contributed by atoms with Crippen LogP contribution in [0.25, 0.3) is 0 Å². The van der Waals surface area contributed by atoms with Crippen molar-refractivity contribution in [3.05, 3.63) is 99.5 Å². The van der Waals surface area contributed by atoms with Gasteiger partial charge in [0, 0.05) is 21.2 Å². The molecule has 1 aliphatic heterocycles. The Morgan fingerprint density at radius 1 is 1.03 bits per heavy atom. The van der Waals surface area contributed by atoms with Crippen LogP contribution in [0.4, 0.5) is 0 Å². The van der Waals surface area contributed by atoms with E-state index in [1.165, 1.54) is 0 Å². The Balaban J connectivity index is 1.67. The average Bonchev–Trinajstić information content (AvgIpc) is 3.10. The van der Waals surface area contributed by atoms with Gasteiger partial charge < -0.3 is 10.1 Å². The van der Waals surface area contributed by atoms with E-state index in [9.17, 15) is 9.59 Å². The van der Waals surface area contributed by atoms with E-state index in [2.05, 4.69) is 26.7 Å². The van der Waals surface area contributed by atoms with Gasteiger partial charge in [0.1, 0.15) is 5.75 Å². The van der Waals surface area contributed by atoms with Crippen LogP contribution < -0.4 is 15.5 Å². The summed E-state index contributed by atoms with van der Waals surface area (Å²) in [6.07, 6.45) is 1.87. The maximum atomic E-state index is 12.9. The van der Waals surface area contributed by atoms with E-state index < -0.39 is 12.1 Å². The fourth-order valence-corrected chi connectivity index (χ4v) is 3.88. The lowest BCUT2D eigenvalue weighted by atomic mass is 9.98. The predicted molar refractivity (Wildman–Crippen MR) is 126 cm³/mol. The molecule has 1 heterocycles. The summed E-state index contributed by atoms with van der Waals surface area (Å²) < 4.78 is 7.88. The first kappa shape index (κ1) is 21.8. The molecule has 0 aliphatic carbocycles. The summed E-state index contributed by atoms with van der Waals surface area (Å²) in [5, 5.41) is 2.91. The van der Waals surface area contributed by atoms with Gasteiger partial charge in [-0.1, -0.05) is 45.8 Å². The van der Waals surface area contributed by atoms with Crippen LogP contribution in [0, 0.1) is 6.92 Å². The Labute approximate surface area is 195 Å². The molecule has 1 saturated heterocycles. The summed E-state index contributed by atoms with van der Waals surface area (Å²) in [5.74, 6) is 0.0640. The van der Waals surface area contributed by atoms with E-state index in [0.717, 1.165) is 21.2 Å². The van der Waals surface area contributed by atoms with Crippen LogP contribution in [-0.2, 0) is 4.79 Å². The van der Waals surface area contributed by atoms with Gasteiger partial charge in [-0.25, -0.2) is 0 Å². The van der Waals surface area contributed by atoms with Gasteiger partial charge in [0.2, 0.25) is 12.3 Å². The van der Waals surface area contributed by atoms with Crippen LogP contribution in [0.3, 0.4) is 0 Å². The summed E-state index contributed by atoms with van der Waals surface area (Å²) in [4.78, 5) is 25.8. The minimum absolute atomic E-state index is 0.272. The number of hydrogen-bond acceptors (Lipinski definition) is 3. The fourth-order valence-electron chi connectivity index (χ4n) is 3.62. The third-order valence-electron chi connectivity index (χ3n) is 5.35. The first-order valence-electron chi connectivity index (χ1n) is 10.2. The van der Waals surface area contributed by atoms with Crippen molar-refractivity contribution in [3.8, 4) is 5.75 Å². The van der Waals surface area contributed by atoms with Crippen LogP contribution in [0.1, 0.15) is 33.1 Å². The number of rotatable bonds is 5. The molecular formula is C25H23BrN3O3+. The second-order valence-corrected chi connectivity index (χ2v) is 8.51. The number of benzene rings is 3. The average molecular weight is 493 g/mol. The normalized spacial score (nSPS) is 19.0. The molecule has 0 spiro atoms. The minimum atomic E-state index is -0.765. The van der Waals surface area contributed by atoms with Crippen LogP contribution in [0.15, 0.2) is 77.3 Å². The molecule has 6 nitrogen and oxygen atoms in total. The molecule has 1 fully saturated rings. The smallest absolute Gasteiger partial charge is 0.304 e. The summed E-state index contributed by atoms with van der Waals surface area (Å²) >= 11 is 3.44. The van der Waals surface area contributed by atoms with Crippen LogP contribution in [0.2, 0.25) is 0 Å². The van der Waals surface area contributed by atoms with Crippen molar-refractivity contribution in [1.29, 1.82) is 0 Å². The Bertz CT molecular complexity index is 1160. The number of carbonyl (C=O) groups excluding carboxylic acids is 2. The molecule has 3 aromatic rings. The highest BCUT2D eigenvalue weighted by atomic mass is 79.9. The van der Waals surface area contributed by atoms with E-state index in [0.29, 0.717) is 11.3 Å². The Morgan fingerprint density at radius 3 is 2.31 bits per heavy atom. The van der Waals surface area contributed by atoms with Gasteiger partial charge in [-0.3, -0.25) is 9.59 Å². The van der Waals surface area contributed by atoms with Crippen LogP contribution in [-0.4, -0.2) is 35.9 Å². The van der Waals surface area contributed by atoms with Gasteiger partial charge in [-0.2, -0.15) is 0 Å². The Hall–Kier alpha value is -3.45. The van der Waals surface area contributed by atoms with Gasteiger partial charge in [-0.15, -0.1) is 10.1 Å². The number of hydrazine groups is 1. The van der Waals surface area contributed by atoms with Crippen LogP contribution >= 0.6 is 15.9 Å². The molecule has 0 saturated carbocycles. The van der Waals surface area contributed by atoms with E-state index in [1.54, 1.807) is 36.1 Å². The van der Waals surface area contributed by atoms with Crippen molar-refractivity contribution < 1.29 is 19.0 Å². The van der Waals surface area contributed by atoms with Gasteiger partial charge in [-0.05, 0) is 55.5 Å². The highest BCUT2D eigenvalue weighted by Gasteiger charge is 2.47. The maximum absolute atomic E-state index is 12.9. The number of hydrazone groups is 1.